The summed E-state index contributed by atoms with van der Waals surface area (Å²) in [5.74, 6) is -0.0469. The van der Waals surface area contributed by atoms with Gasteiger partial charge in [-0.2, -0.15) is 13.2 Å². The molecule has 1 N–H and O–H groups in total. The van der Waals surface area contributed by atoms with Crippen molar-refractivity contribution in [3.63, 3.8) is 0 Å². The number of nitro benzene ring substituents is 1. The second-order valence-corrected chi connectivity index (χ2v) is 4.98. The standard InChI is InChI=1S/C13H14F3NO4/c14-13(15,16)11-7-10(5-6-12(11)17(19)20)21-9-3-1-8(18)2-4-9/h5-9,18H,1-4H2/t8-,9-. The number of halogens is 3. The van der Waals surface area contributed by atoms with E-state index >= 15 is 0 Å². The lowest BCUT2D eigenvalue weighted by Crippen LogP contribution is -2.26. The topological polar surface area (TPSA) is 72.6 Å². The molecule has 1 aliphatic rings. The van der Waals surface area contributed by atoms with E-state index in [0.29, 0.717) is 31.7 Å². The Labute approximate surface area is 118 Å². The third-order valence-electron chi connectivity index (χ3n) is 3.42. The highest BCUT2D eigenvalue weighted by molar-refractivity contribution is 5.47. The van der Waals surface area contributed by atoms with Crippen LogP contribution in [0.15, 0.2) is 18.2 Å². The zero-order chi connectivity index (χ0) is 15.6. The number of hydrogen-bond donors (Lipinski definition) is 1. The Morgan fingerprint density at radius 3 is 2.38 bits per heavy atom. The highest BCUT2D eigenvalue weighted by atomic mass is 19.4. The number of nitrogens with zero attached hydrogens (tertiary/aromatic N) is 1. The van der Waals surface area contributed by atoms with Crippen LogP contribution >= 0.6 is 0 Å². The molecule has 0 radical (unpaired) electrons. The van der Waals surface area contributed by atoms with Crippen molar-refractivity contribution in [2.75, 3.05) is 0 Å². The van der Waals surface area contributed by atoms with Gasteiger partial charge in [0, 0.05) is 6.07 Å². The van der Waals surface area contributed by atoms with Gasteiger partial charge in [0.25, 0.3) is 5.69 Å². The molecule has 5 nitrogen and oxygen atoms in total. The monoisotopic (exact) mass is 305 g/mol. The second kappa shape index (κ2) is 5.88. The van der Waals surface area contributed by atoms with E-state index in [-0.39, 0.29) is 11.9 Å². The predicted molar refractivity (Wildman–Crippen MR) is 67.0 cm³/mol. The van der Waals surface area contributed by atoms with E-state index in [1.165, 1.54) is 6.07 Å². The fourth-order valence-corrected chi connectivity index (χ4v) is 2.33. The molecule has 0 aliphatic heterocycles. The molecule has 8 heteroatoms. The Bertz CT molecular complexity index is 525. The van der Waals surface area contributed by atoms with Crippen molar-refractivity contribution in [3.8, 4) is 5.75 Å². The predicted octanol–water partition coefficient (Wildman–Crippen LogP) is 3.30. The van der Waals surface area contributed by atoms with E-state index in [4.69, 9.17) is 4.74 Å². The molecule has 1 aromatic rings. The molecule has 1 aromatic carbocycles. The molecule has 0 bridgehead atoms. The Kier molecular flexibility index (Phi) is 4.36. The molecule has 0 amide bonds. The van der Waals surface area contributed by atoms with Gasteiger partial charge < -0.3 is 9.84 Å². The summed E-state index contributed by atoms with van der Waals surface area (Å²) < 4.78 is 43.9. The van der Waals surface area contributed by atoms with Gasteiger partial charge in [-0.05, 0) is 37.8 Å². The molecular weight excluding hydrogens is 291 g/mol. The van der Waals surface area contributed by atoms with E-state index in [1.54, 1.807) is 0 Å². The van der Waals surface area contributed by atoms with Gasteiger partial charge in [-0.1, -0.05) is 0 Å². The van der Waals surface area contributed by atoms with Crippen LogP contribution in [0.4, 0.5) is 18.9 Å². The van der Waals surface area contributed by atoms with Crippen molar-refractivity contribution in [3.05, 3.63) is 33.9 Å². The molecule has 1 aliphatic carbocycles. The number of aliphatic hydroxyl groups is 1. The number of nitro groups is 1. The smallest absolute Gasteiger partial charge is 0.423 e. The average Bonchev–Trinajstić information content (AvgIpc) is 2.40. The normalized spacial score (nSPS) is 22.9. The van der Waals surface area contributed by atoms with Crippen LogP contribution in [0.2, 0.25) is 0 Å². The third-order valence-corrected chi connectivity index (χ3v) is 3.42. The lowest BCUT2D eigenvalue weighted by atomic mass is 9.95. The summed E-state index contributed by atoms with van der Waals surface area (Å²) in [6.07, 6.45) is -3.35. The fourth-order valence-electron chi connectivity index (χ4n) is 2.33. The Balaban J connectivity index is 2.20. The number of rotatable bonds is 3. The molecule has 1 fully saturated rings. The van der Waals surface area contributed by atoms with Crippen molar-refractivity contribution < 1.29 is 27.9 Å². The molecule has 116 valence electrons. The maximum Gasteiger partial charge on any atom is 0.423 e. The van der Waals surface area contributed by atoms with Gasteiger partial charge >= 0.3 is 6.18 Å². The maximum atomic E-state index is 12.8. The van der Waals surface area contributed by atoms with E-state index in [9.17, 15) is 28.4 Å². The molecule has 0 aromatic heterocycles. The minimum absolute atomic E-state index is 0.0469. The first-order valence-electron chi connectivity index (χ1n) is 6.47. The van der Waals surface area contributed by atoms with Crippen LogP contribution in [0.3, 0.4) is 0 Å². The van der Waals surface area contributed by atoms with Gasteiger partial charge in [-0.25, -0.2) is 0 Å². The minimum Gasteiger partial charge on any atom is -0.490 e. The maximum absolute atomic E-state index is 12.8. The van der Waals surface area contributed by atoms with Gasteiger partial charge in [0.1, 0.15) is 11.3 Å². The first-order chi connectivity index (χ1) is 9.77. The van der Waals surface area contributed by atoms with Crippen molar-refractivity contribution >= 4 is 5.69 Å². The Morgan fingerprint density at radius 1 is 1.24 bits per heavy atom. The lowest BCUT2D eigenvalue weighted by molar-refractivity contribution is -0.388. The number of alkyl halides is 3. The molecule has 21 heavy (non-hydrogen) atoms. The summed E-state index contributed by atoms with van der Waals surface area (Å²) in [6.45, 7) is 0. The van der Waals surface area contributed by atoms with Crippen LogP contribution in [0.25, 0.3) is 0 Å². The van der Waals surface area contributed by atoms with E-state index < -0.39 is 28.5 Å². The van der Waals surface area contributed by atoms with Crippen molar-refractivity contribution in [2.24, 2.45) is 0 Å². The molecule has 0 atom stereocenters. The molecular formula is C13H14F3NO4. The van der Waals surface area contributed by atoms with Crippen LogP contribution in [0, 0.1) is 10.1 Å². The zero-order valence-corrected chi connectivity index (χ0v) is 11.0. The minimum atomic E-state index is -4.81. The van der Waals surface area contributed by atoms with Crippen LogP contribution in [0.1, 0.15) is 31.2 Å². The largest absolute Gasteiger partial charge is 0.490 e. The first kappa shape index (κ1) is 15.6. The van der Waals surface area contributed by atoms with Gasteiger partial charge in [0.2, 0.25) is 0 Å². The fraction of sp³-hybridized carbons (Fsp3) is 0.538. The number of ether oxygens (including phenoxy) is 1. The zero-order valence-electron chi connectivity index (χ0n) is 11.0. The molecule has 2 rings (SSSR count). The first-order valence-corrected chi connectivity index (χ1v) is 6.47. The average molecular weight is 305 g/mol. The van der Waals surface area contributed by atoms with Crippen LogP contribution < -0.4 is 4.74 Å². The summed E-state index contributed by atoms with van der Waals surface area (Å²) in [5.41, 5.74) is -2.31. The molecule has 1 saturated carbocycles. The Hall–Kier alpha value is -1.83. The Morgan fingerprint density at radius 2 is 1.86 bits per heavy atom. The van der Waals surface area contributed by atoms with Crippen molar-refractivity contribution in [1.82, 2.24) is 0 Å². The number of aliphatic hydroxyl groups excluding tert-OH is 1. The van der Waals surface area contributed by atoms with Gasteiger partial charge in [0.15, 0.2) is 0 Å². The van der Waals surface area contributed by atoms with Crippen LogP contribution in [-0.4, -0.2) is 22.2 Å². The summed E-state index contributed by atoms with van der Waals surface area (Å²) >= 11 is 0. The van der Waals surface area contributed by atoms with Gasteiger partial charge in [-0.3, -0.25) is 10.1 Å². The van der Waals surface area contributed by atoms with Gasteiger partial charge in [0.05, 0.1) is 17.1 Å². The molecule has 0 saturated heterocycles. The summed E-state index contributed by atoms with van der Waals surface area (Å²) in [7, 11) is 0. The number of hydrogen-bond acceptors (Lipinski definition) is 4. The lowest BCUT2D eigenvalue weighted by Gasteiger charge is -2.26. The summed E-state index contributed by atoms with van der Waals surface area (Å²) in [4.78, 5) is 9.58. The van der Waals surface area contributed by atoms with Crippen LogP contribution in [0.5, 0.6) is 5.75 Å². The molecule has 0 spiro atoms. The third kappa shape index (κ3) is 3.84. The second-order valence-electron chi connectivity index (χ2n) is 4.98. The van der Waals surface area contributed by atoms with Gasteiger partial charge in [-0.15, -0.1) is 0 Å². The highest BCUT2D eigenvalue weighted by Gasteiger charge is 2.38. The van der Waals surface area contributed by atoms with Crippen molar-refractivity contribution in [1.29, 1.82) is 0 Å². The summed E-state index contributed by atoms with van der Waals surface area (Å²) in [5, 5.41) is 20.0. The number of benzene rings is 1. The van der Waals surface area contributed by atoms with Crippen molar-refractivity contribution in [2.45, 2.75) is 44.1 Å². The van der Waals surface area contributed by atoms with E-state index in [0.717, 1.165) is 6.07 Å². The van der Waals surface area contributed by atoms with Crippen LogP contribution in [-0.2, 0) is 6.18 Å². The summed E-state index contributed by atoms with van der Waals surface area (Å²) in [6, 6.07) is 2.62. The highest BCUT2D eigenvalue weighted by Crippen LogP contribution is 2.38. The molecule has 0 unspecified atom stereocenters. The quantitative estimate of drug-likeness (QED) is 0.687. The van der Waals surface area contributed by atoms with E-state index in [1.807, 2.05) is 0 Å². The SMILES string of the molecule is O=[N+]([O-])c1ccc(O[C@H]2CC[C@H](O)CC2)cc1C(F)(F)F. The molecule has 0 heterocycles. The van der Waals surface area contributed by atoms with E-state index in [2.05, 4.69) is 0 Å².